The highest BCUT2D eigenvalue weighted by atomic mass is 19.3. The number of methoxy groups -OCH3 is 1. The predicted molar refractivity (Wildman–Crippen MR) is 79.5 cm³/mol. The van der Waals surface area contributed by atoms with Crippen molar-refractivity contribution in [1.82, 2.24) is 15.0 Å². The molecule has 0 amide bonds. The number of aromatic nitrogens is 2. The Kier molecular flexibility index (Phi) is 5.86. The second-order valence-corrected chi connectivity index (χ2v) is 4.72. The summed E-state index contributed by atoms with van der Waals surface area (Å²) in [4.78, 5) is 6.45. The molecule has 1 aromatic heterocycles. The Morgan fingerprint density at radius 3 is 2.57 bits per heavy atom. The van der Waals surface area contributed by atoms with Gasteiger partial charge in [0.25, 0.3) is 0 Å². The average Bonchev–Trinajstić information content (AvgIpc) is 3.01. The van der Waals surface area contributed by atoms with Gasteiger partial charge in [0.05, 0.1) is 13.7 Å². The minimum absolute atomic E-state index is 0.0434. The monoisotopic (exact) mass is 327 g/mol. The maximum atomic E-state index is 12.3. The van der Waals surface area contributed by atoms with Gasteiger partial charge in [-0.1, -0.05) is 19.0 Å². The number of hydrogen-bond donors (Lipinski definition) is 0. The molecular formula is C15H19F2N3O3. The molecule has 0 radical (unpaired) electrons. The van der Waals surface area contributed by atoms with E-state index >= 15 is 0 Å². The predicted octanol–water partition coefficient (Wildman–Crippen LogP) is 3.19. The van der Waals surface area contributed by atoms with E-state index in [-0.39, 0.29) is 11.5 Å². The SMILES string of the molecule is CCN(CC)Cc1nc(-c2ccc(OC(F)F)c(OC)c2)no1. The van der Waals surface area contributed by atoms with Crippen LogP contribution in [0.5, 0.6) is 11.5 Å². The van der Waals surface area contributed by atoms with Crippen LogP contribution in [0, 0.1) is 0 Å². The first-order valence-corrected chi connectivity index (χ1v) is 7.25. The van der Waals surface area contributed by atoms with Crippen LogP contribution >= 0.6 is 0 Å². The lowest BCUT2D eigenvalue weighted by Gasteiger charge is -2.14. The highest BCUT2D eigenvalue weighted by Crippen LogP contribution is 2.32. The minimum Gasteiger partial charge on any atom is -0.493 e. The van der Waals surface area contributed by atoms with Crippen molar-refractivity contribution >= 4 is 0 Å². The zero-order valence-corrected chi connectivity index (χ0v) is 13.3. The van der Waals surface area contributed by atoms with Gasteiger partial charge in [-0.25, -0.2) is 0 Å². The molecule has 6 nitrogen and oxygen atoms in total. The van der Waals surface area contributed by atoms with Gasteiger partial charge < -0.3 is 14.0 Å². The molecule has 0 aliphatic carbocycles. The Morgan fingerprint density at radius 2 is 1.96 bits per heavy atom. The molecule has 23 heavy (non-hydrogen) atoms. The molecule has 0 spiro atoms. The summed E-state index contributed by atoms with van der Waals surface area (Å²) >= 11 is 0. The smallest absolute Gasteiger partial charge is 0.387 e. The van der Waals surface area contributed by atoms with Gasteiger partial charge in [0.2, 0.25) is 11.7 Å². The molecule has 0 aliphatic rings. The van der Waals surface area contributed by atoms with Crippen LogP contribution in [0.25, 0.3) is 11.4 Å². The fourth-order valence-electron chi connectivity index (χ4n) is 2.07. The van der Waals surface area contributed by atoms with Gasteiger partial charge >= 0.3 is 6.61 Å². The highest BCUT2D eigenvalue weighted by Gasteiger charge is 2.15. The van der Waals surface area contributed by atoms with Crippen LogP contribution in [0.3, 0.4) is 0 Å². The molecule has 0 aliphatic heterocycles. The molecule has 2 rings (SSSR count). The van der Waals surface area contributed by atoms with Crippen molar-refractivity contribution in [3.8, 4) is 22.9 Å². The molecule has 0 atom stereocenters. The van der Waals surface area contributed by atoms with Crippen LogP contribution in [0.4, 0.5) is 8.78 Å². The number of halogens is 2. The van der Waals surface area contributed by atoms with E-state index < -0.39 is 6.61 Å². The van der Waals surface area contributed by atoms with Gasteiger partial charge in [0.1, 0.15) is 0 Å². The number of nitrogens with zero attached hydrogens (tertiary/aromatic N) is 3. The Labute approximate surface area is 133 Å². The maximum absolute atomic E-state index is 12.3. The summed E-state index contributed by atoms with van der Waals surface area (Å²) < 4.78 is 39.3. The van der Waals surface area contributed by atoms with Crippen molar-refractivity contribution in [2.24, 2.45) is 0 Å². The second kappa shape index (κ2) is 7.87. The molecule has 0 N–H and O–H groups in total. The lowest BCUT2D eigenvalue weighted by atomic mass is 10.2. The lowest BCUT2D eigenvalue weighted by molar-refractivity contribution is -0.0512. The molecule has 0 saturated heterocycles. The zero-order chi connectivity index (χ0) is 16.8. The van der Waals surface area contributed by atoms with Gasteiger partial charge in [0, 0.05) is 5.56 Å². The standard InChI is InChI=1S/C15H19F2N3O3/c1-4-20(5-2)9-13-18-14(19-23-13)10-6-7-11(22-15(16)17)12(8-10)21-3/h6-8,15H,4-5,9H2,1-3H3. The number of ether oxygens (including phenoxy) is 2. The van der Waals surface area contributed by atoms with Crippen LogP contribution < -0.4 is 9.47 Å². The van der Waals surface area contributed by atoms with E-state index in [1.54, 1.807) is 6.07 Å². The van der Waals surface area contributed by atoms with Crippen molar-refractivity contribution < 1.29 is 22.8 Å². The van der Waals surface area contributed by atoms with E-state index in [2.05, 4.69) is 19.8 Å². The third-order valence-corrected chi connectivity index (χ3v) is 3.36. The first kappa shape index (κ1) is 17.1. The maximum Gasteiger partial charge on any atom is 0.387 e. The normalized spacial score (nSPS) is 11.3. The first-order chi connectivity index (χ1) is 11.1. The van der Waals surface area contributed by atoms with Crippen molar-refractivity contribution in [2.45, 2.75) is 27.0 Å². The molecule has 0 bridgehead atoms. The average molecular weight is 327 g/mol. The summed E-state index contributed by atoms with van der Waals surface area (Å²) in [6, 6.07) is 4.50. The van der Waals surface area contributed by atoms with Crippen molar-refractivity contribution in [2.75, 3.05) is 20.2 Å². The van der Waals surface area contributed by atoms with Crippen LogP contribution in [0.1, 0.15) is 19.7 Å². The quantitative estimate of drug-likeness (QED) is 0.742. The Bertz CT molecular complexity index is 630. The molecule has 2 aromatic rings. The number of rotatable bonds is 8. The van der Waals surface area contributed by atoms with E-state index in [1.165, 1.54) is 19.2 Å². The first-order valence-electron chi connectivity index (χ1n) is 7.25. The molecule has 0 fully saturated rings. The summed E-state index contributed by atoms with van der Waals surface area (Å²) in [6.45, 7) is 3.49. The Hall–Kier alpha value is -2.22. The third-order valence-electron chi connectivity index (χ3n) is 3.36. The zero-order valence-electron chi connectivity index (χ0n) is 13.3. The van der Waals surface area contributed by atoms with Gasteiger partial charge in [-0.05, 0) is 31.3 Å². The molecule has 1 aromatic carbocycles. The van der Waals surface area contributed by atoms with Crippen molar-refractivity contribution in [3.63, 3.8) is 0 Å². The molecule has 0 saturated carbocycles. The molecule has 0 unspecified atom stereocenters. The molecule has 8 heteroatoms. The van der Waals surface area contributed by atoms with Crippen LogP contribution in [0.15, 0.2) is 22.7 Å². The van der Waals surface area contributed by atoms with Crippen molar-refractivity contribution in [1.29, 1.82) is 0 Å². The molecule has 126 valence electrons. The summed E-state index contributed by atoms with van der Waals surface area (Å²) in [5.41, 5.74) is 0.595. The van der Waals surface area contributed by atoms with E-state index in [1.807, 2.05) is 13.8 Å². The van der Waals surface area contributed by atoms with Gasteiger partial charge in [-0.2, -0.15) is 13.8 Å². The van der Waals surface area contributed by atoms with Gasteiger partial charge in [0.15, 0.2) is 11.5 Å². The van der Waals surface area contributed by atoms with Crippen molar-refractivity contribution in [3.05, 3.63) is 24.1 Å². The number of benzene rings is 1. The van der Waals surface area contributed by atoms with E-state index in [9.17, 15) is 8.78 Å². The van der Waals surface area contributed by atoms with Crippen LogP contribution in [-0.4, -0.2) is 41.9 Å². The second-order valence-electron chi connectivity index (χ2n) is 4.72. The number of alkyl halides is 2. The fraction of sp³-hybridized carbons (Fsp3) is 0.467. The van der Waals surface area contributed by atoms with Crippen LogP contribution in [0.2, 0.25) is 0 Å². The summed E-state index contributed by atoms with van der Waals surface area (Å²) in [7, 11) is 1.37. The molecular weight excluding hydrogens is 308 g/mol. The highest BCUT2D eigenvalue weighted by molar-refractivity contribution is 5.60. The Morgan fingerprint density at radius 1 is 1.22 bits per heavy atom. The molecule has 1 heterocycles. The summed E-state index contributed by atoms with van der Waals surface area (Å²) in [5, 5.41) is 3.92. The van der Waals surface area contributed by atoms with Crippen LogP contribution in [-0.2, 0) is 6.54 Å². The lowest BCUT2D eigenvalue weighted by Crippen LogP contribution is -2.22. The number of hydrogen-bond acceptors (Lipinski definition) is 6. The van der Waals surface area contributed by atoms with E-state index in [4.69, 9.17) is 9.26 Å². The van der Waals surface area contributed by atoms with E-state index in [0.29, 0.717) is 23.8 Å². The summed E-state index contributed by atoms with van der Waals surface area (Å²) in [5.74, 6) is 1.00. The van der Waals surface area contributed by atoms with Gasteiger partial charge in [-0.3, -0.25) is 4.90 Å². The topological polar surface area (TPSA) is 60.6 Å². The largest absolute Gasteiger partial charge is 0.493 e. The van der Waals surface area contributed by atoms with E-state index in [0.717, 1.165) is 13.1 Å². The third kappa shape index (κ3) is 4.38. The Balaban J connectivity index is 2.20. The van der Waals surface area contributed by atoms with Gasteiger partial charge in [-0.15, -0.1) is 0 Å². The fourth-order valence-corrected chi connectivity index (χ4v) is 2.07. The summed E-state index contributed by atoms with van der Waals surface area (Å²) in [6.07, 6.45) is 0. The minimum atomic E-state index is -2.92.